The van der Waals surface area contributed by atoms with Gasteiger partial charge in [-0.15, -0.1) is 0 Å². The Morgan fingerprint density at radius 3 is 2.83 bits per heavy atom. The Labute approximate surface area is 145 Å². The lowest BCUT2D eigenvalue weighted by atomic mass is 10.1. The molecule has 24 heavy (non-hydrogen) atoms. The molecule has 1 N–H and O–H groups in total. The van der Waals surface area contributed by atoms with Crippen molar-refractivity contribution >= 4 is 5.91 Å². The highest BCUT2D eigenvalue weighted by Crippen LogP contribution is 2.20. The lowest BCUT2D eigenvalue weighted by Gasteiger charge is -2.32. The van der Waals surface area contributed by atoms with Gasteiger partial charge in [0.05, 0.1) is 13.0 Å². The molecule has 2 saturated heterocycles. The quantitative estimate of drug-likeness (QED) is 0.890. The van der Waals surface area contributed by atoms with Crippen LogP contribution in [0, 0.1) is 13.8 Å². The van der Waals surface area contributed by atoms with Crippen molar-refractivity contribution < 1.29 is 9.53 Å². The van der Waals surface area contributed by atoms with Crippen LogP contribution in [0.5, 0.6) is 5.75 Å². The van der Waals surface area contributed by atoms with Gasteiger partial charge in [0.25, 0.3) is 0 Å². The average Bonchev–Trinajstić information content (AvgIpc) is 3.09. The topological polar surface area (TPSA) is 44.8 Å². The lowest BCUT2D eigenvalue weighted by Crippen LogP contribution is -2.49. The second-order valence-electron chi connectivity index (χ2n) is 6.94. The average molecular weight is 331 g/mol. The smallest absolute Gasteiger partial charge is 0.226 e. The number of rotatable bonds is 5. The van der Waals surface area contributed by atoms with Gasteiger partial charge in [-0.3, -0.25) is 9.69 Å². The number of piperazine rings is 1. The molecule has 2 aliphatic rings. The third kappa shape index (κ3) is 4.28. The minimum Gasteiger partial charge on any atom is -0.493 e. The molecule has 132 valence electrons. The van der Waals surface area contributed by atoms with Gasteiger partial charge in [0.15, 0.2) is 0 Å². The van der Waals surface area contributed by atoms with Crippen LogP contribution >= 0.6 is 0 Å². The fourth-order valence-electron chi connectivity index (χ4n) is 3.58. The van der Waals surface area contributed by atoms with Crippen LogP contribution in [0.3, 0.4) is 0 Å². The van der Waals surface area contributed by atoms with Crippen molar-refractivity contribution in [2.45, 2.75) is 32.7 Å². The molecule has 1 amide bonds. The molecule has 1 unspecified atom stereocenters. The van der Waals surface area contributed by atoms with Crippen molar-refractivity contribution in [3.8, 4) is 5.75 Å². The number of ether oxygens (including phenoxy) is 1. The molecule has 2 heterocycles. The number of likely N-dealkylation sites (tertiary alicyclic amines) is 1. The van der Waals surface area contributed by atoms with Crippen molar-refractivity contribution in [3.05, 3.63) is 29.3 Å². The molecular weight excluding hydrogens is 302 g/mol. The Kier molecular flexibility index (Phi) is 5.74. The summed E-state index contributed by atoms with van der Waals surface area (Å²) in [6.07, 6.45) is 1.56. The number of carbonyl (C=O) groups is 1. The van der Waals surface area contributed by atoms with Crippen molar-refractivity contribution in [2.24, 2.45) is 0 Å². The predicted octanol–water partition coefficient (Wildman–Crippen LogP) is 1.58. The van der Waals surface area contributed by atoms with Gasteiger partial charge in [-0.2, -0.15) is 0 Å². The van der Waals surface area contributed by atoms with Gasteiger partial charge in [-0.05, 0) is 37.5 Å². The number of carbonyl (C=O) groups excluding carboxylic acids is 1. The first kappa shape index (κ1) is 17.2. The summed E-state index contributed by atoms with van der Waals surface area (Å²) in [5, 5.41) is 3.39. The van der Waals surface area contributed by atoms with Crippen LogP contribution in [0.25, 0.3) is 0 Å². The Morgan fingerprint density at radius 2 is 2.04 bits per heavy atom. The molecule has 5 nitrogen and oxygen atoms in total. The second-order valence-corrected chi connectivity index (χ2v) is 6.94. The van der Waals surface area contributed by atoms with Crippen molar-refractivity contribution in [3.63, 3.8) is 0 Å². The van der Waals surface area contributed by atoms with E-state index >= 15 is 0 Å². The monoisotopic (exact) mass is 331 g/mol. The van der Waals surface area contributed by atoms with E-state index < -0.39 is 0 Å². The molecule has 0 aliphatic carbocycles. The van der Waals surface area contributed by atoms with Crippen LogP contribution in [0.1, 0.15) is 24.0 Å². The van der Waals surface area contributed by atoms with Gasteiger partial charge in [0, 0.05) is 45.3 Å². The van der Waals surface area contributed by atoms with Crippen LogP contribution in [-0.4, -0.2) is 67.6 Å². The molecule has 0 bridgehead atoms. The standard InChI is InChI=1S/C19H29N3O2/c1-15-3-4-16(2)18(13-15)24-12-6-19(23)22-9-5-17(14-22)21-10-7-20-8-11-21/h3-4,13,17,20H,5-12,14H2,1-2H3. The number of hydrogen-bond acceptors (Lipinski definition) is 4. The number of aryl methyl sites for hydroxylation is 2. The zero-order valence-corrected chi connectivity index (χ0v) is 14.9. The van der Waals surface area contributed by atoms with Crippen molar-refractivity contribution in [2.75, 3.05) is 45.9 Å². The number of nitrogens with one attached hydrogen (secondary N) is 1. The van der Waals surface area contributed by atoms with Gasteiger partial charge in [-0.1, -0.05) is 12.1 Å². The molecule has 0 spiro atoms. The summed E-state index contributed by atoms with van der Waals surface area (Å²) < 4.78 is 5.82. The Bertz CT molecular complexity index is 570. The predicted molar refractivity (Wildman–Crippen MR) is 95.5 cm³/mol. The molecule has 1 atom stereocenters. The maximum Gasteiger partial charge on any atom is 0.226 e. The van der Waals surface area contributed by atoms with Crippen LogP contribution in [0.15, 0.2) is 18.2 Å². The Balaban J connectivity index is 1.43. The first-order chi connectivity index (χ1) is 11.6. The van der Waals surface area contributed by atoms with Crippen molar-refractivity contribution in [1.29, 1.82) is 0 Å². The first-order valence-electron chi connectivity index (χ1n) is 9.06. The minimum atomic E-state index is 0.220. The van der Waals surface area contributed by atoms with Crippen LogP contribution in [0.4, 0.5) is 0 Å². The van der Waals surface area contributed by atoms with E-state index in [0.717, 1.165) is 57.0 Å². The van der Waals surface area contributed by atoms with E-state index in [1.54, 1.807) is 0 Å². The van der Waals surface area contributed by atoms with Crippen LogP contribution < -0.4 is 10.1 Å². The number of hydrogen-bond donors (Lipinski definition) is 1. The third-order valence-corrected chi connectivity index (χ3v) is 5.10. The highest BCUT2D eigenvalue weighted by Gasteiger charge is 2.30. The van der Waals surface area contributed by atoms with E-state index in [0.29, 0.717) is 19.1 Å². The number of amides is 1. The van der Waals surface area contributed by atoms with E-state index in [1.807, 2.05) is 17.9 Å². The van der Waals surface area contributed by atoms with Gasteiger partial charge < -0.3 is 15.0 Å². The molecule has 2 fully saturated rings. The summed E-state index contributed by atoms with van der Waals surface area (Å²) >= 11 is 0. The summed E-state index contributed by atoms with van der Waals surface area (Å²) in [5.41, 5.74) is 2.30. The zero-order valence-electron chi connectivity index (χ0n) is 14.9. The molecule has 2 aliphatic heterocycles. The maximum atomic E-state index is 12.4. The van der Waals surface area contributed by atoms with Crippen LogP contribution in [-0.2, 0) is 4.79 Å². The van der Waals surface area contributed by atoms with Gasteiger partial charge in [0.2, 0.25) is 5.91 Å². The summed E-state index contributed by atoms with van der Waals surface area (Å²) in [5.74, 6) is 1.11. The molecular formula is C19H29N3O2. The van der Waals surface area contributed by atoms with E-state index in [-0.39, 0.29) is 5.91 Å². The number of nitrogens with zero attached hydrogens (tertiary/aromatic N) is 2. The lowest BCUT2D eigenvalue weighted by molar-refractivity contribution is -0.130. The van der Waals surface area contributed by atoms with E-state index in [9.17, 15) is 4.79 Å². The Morgan fingerprint density at radius 1 is 1.25 bits per heavy atom. The fourth-order valence-corrected chi connectivity index (χ4v) is 3.58. The van der Waals surface area contributed by atoms with Gasteiger partial charge in [0.1, 0.15) is 5.75 Å². The van der Waals surface area contributed by atoms with Crippen molar-refractivity contribution in [1.82, 2.24) is 15.1 Å². The first-order valence-corrected chi connectivity index (χ1v) is 9.06. The molecule has 3 rings (SSSR count). The maximum absolute atomic E-state index is 12.4. The third-order valence-electron chi connectivity index (χ3n) is 5.10. The highest BCUT2D eigenvalue weighted by atomic mass is 16.5. The van der Waals surface area contributed by atoms with Crippen LogP contribution in [0.2, 0.25) is 0 Å². The summed E-state index contributed by atoms with van der Waals surface area (Å²) in [6.45, 7) is 10.6. The molecule has 1 aromatic rings. The second kappa shape index (κ2) is 7.99. The fraction of sp³-hybridized carbons (Fsp3) is 0.632. The highest BCUT2D eigenvalue weighted by molar-refractivity contribution is 5.76. The normalized spacial score (nSPS) is 21.9. The Hall–Kier alpha value is -1.59. The summed E-state index contributed by atoms with van der Waals surface area (Å²) in [6, 6.07) is 6.71. The molecule has 1 aromatic carbocycles. The number of benzene rings is 1. The van der Waals surface area contributed by atoms with Gasteiger partial charge in [-0.25, -0.2) is 0 Å². The van der Waals surface area contributed by atoms with E-state index in [2.05, 4.69) is 29.3 Å². The van der Waals surface area contributed by atoms with E-state index in [4.69, 9.17) is 4.74 Å². The SMILES string of the molecule is Cc1ccc(C)c(OCCC(=O)N2CCC(N3CCNCC3)C2)c1. The zero-order chi connectivity index (χ0) is 16.9. The molecule has 5 heteroatoms. The minimum absolute atomic E-state index is 0.220. The largest absolute Gasteiger partial charge is 0.493 e. The molecule has 0 saturated carbocycles. The summed E-state index contributed by atoms with van der Waals surface area (Å²) in [7, 11) is 0. The van der Waals surface area contributed by atoms with E-state index in [1.165, 1.54) is 5.56 Å². The molecule has 0 aromatic heterocycles. The molecule has 0 radical (unpaired) electrons. The van der Waals surface area contributed by atoms with Gasteiger partial charge >= 0.3 is 0 Å². The summed E-state index contributed by atoms with van der Waals surface area (Å²) in [4.78, 5) is 17.0.